The molecule has 6 heteroatoms. The summed E-state index contributed by atoms with van der Waals surface area (Å²) >= 11 is 2.19. The molecule has 102 valence electrons. The van der Waals surface area contributed by atoms with Gasteiger partial charge in [-0.25, -0.2) is 0 Å². The Labute approximate surface area is 124 Å². The van der Waals surface area contributed by atoms with E-state index in [0.717, 1.165) is 9.26 Å². The highest BCUT2D eigenvalue weighted by molar-refractivity contribution is 14.1. The molecule has 1 N–H and O–H groups in total. The molecular formula is C13H14INO4. The second-order valence-corrected chi connectivity index (χ2v) is 5.54. The molecular weight excluding hydrogens is 361 g/mol. The van der Waals surface area contributed by atoms with Crippen LogP contribution in [0.25, 0.3) is 0 Å². The van der Waals surface area contributed by atoms with E-state index in [1.807, 2.05) is 18.2 Å². The zero-order valence-electron chi connectivity index (χ0n) is 10.3. The van der Waals surface area contributed by atoms with Crippen molar-refractivity contribution in [3.8, 4) is 5.75 Å². The number of carbonyl (C=O) groups excluding carboxylic acids is 1. The molecule has 0 fully saturated rings. The van der Waals surface area contributed by atoms with E-state index in [1.54, 1.807) is 4.90 Å². The first-order valence-electron chi connectivity index (χ1n) is 6.02. The van der Waals surface area contributed by atoms with Gasteiger partial charge in [-0.2, -0.15) is 0 Å². The molecule has 5 nitrogen and oxygen atoms in total. The summed E-state index contributed by atoms with van der Waals surface area (Å²) < 4.78 is 6.45. The first-order valence-corrected chi connectivity index (χ1v) is 7.10. The number of aliphatic carboxylic acids is 1. The summed E-state index contributed by atoms with van der Waals surface area (Å²) in [5, 5.41) is 8.59. The monoisotopic (exact) mass is 375 g/mol. The SMILES string of the molecule is O=C(O)CCCCN1C(=O)COc2cc(I)ccc21. The molecule has 1 aromatic carbocycles. The largest absolute Gasteiger partial charge is 0.482 e. The number of carbonyl (C=O) groups is 2. The number of fused-ring (bicyclic) bond motifs is 1. The molecule has 1 aliphatic rings. The number of rotatable bonds is 5. The van der Waals surface area contributed by atoms with Gasteiger partial charge in [-0.15, -0.1) is 0 Å². The number of nitrogens with zero attached hydrogens (tertiary/aromatic N) is 1. The fourth-order valence-electron chi connectivity index (χ4n) is 1.97. The second-order valence-electron chi connectivity index (χ2n) is 4.30. The molecule has 1 amide bonds. The number of ether oxygens (including phenoxy) is 1. The van der Waals surface area contributed by atoms with Crippen LogP contribution in [0.3, 0.4) is 0 Å². The standard InChI is InChI=1S/C13H14INO4/c14-9-4-5-10-11(7-9)19-8-12(16)15(10)6-2-1-3-13(17)18/h4-5,7H,1-3,6,8H2,(H,17,18). The zero-order valence-corrected chi connectivity index (χ0v) is 12.4. The van der Waals surface area contributed by atoms with Crippen LogP contribution >= 0.6 is 22.6 Å². The fourth-order valence-corrected chi connectivity index (χ4v) is 2.43. The van der Waals surface area contributed by atoms with E-state index >= 15 is 0 Å². The van der Waals surface area contributed by atoms with Crippen molar-refractivity contribution in [3.05, 3.63) is 21.8 Å². The number of carboxylic acids is 1. The number of halogens is 1. The zero-order chi connectivity index (χ0) is 13.8. The summed E-state index contributed by atoms with van der Waals surface area (Å²) in [5.41, 5.74) is 0.770. The molecule has 0 bridgehead atoms. The van der Waals surface area contributed by atoms with E-state index in [-0.39, 0.29) is 18.9 Å². The van der Waals surface area contributed by atoms with Crippen LogP contribution in [-0.4, -0.2) is 30.1 Å². The number of benzene rings is 1. The van der Waals surface area contributed by atoms with E-state index in [9.17, 15) is 9.59 Å². The molecule has 1 aliphatic heterocycles. The van der Waals surface area contributed by atoms with Gasteiger partial charge >= 0.3 is 5.97 Å². The van der Waals surface area contributed by atoms with Crippen molar-refractivity contribution in [3.63, 3.8) is 0 Å². The molecule has 0 saturated carbocycles. The van der Waals surface area contributed by atoms with Crippen molar-refractivity contribution >= 4 is 40.2 Å². The van der Waals surface area contributed by atoms with Crippen LogP contribution in [0.2, 0.25) is 0 Å². The average Bonchev–Trinajstić information content (AvgIpc) is 2.36. The lowest BCUT2D eigenvalue weighted by Gasteiger charge is -2.29. The Bertz CT molecular complexity index is 503. The van der Waals surface area contributed by atoms with Crippen LogP contribution in [0.1, 0.15) is 19.3 Å². The van der Waals surface area contributed by atoms with Gasteiger partial charge in [-0.3, -0.25) is 9.59 Å². The lowest BCUT2D eigenvalue weighted by Crippen LogP contribution is -2.39. The molecule has 2 rings (SSSR count). The third-order valence-corrected chi connectivity index (χ3v) is 3.56. The van der Waals surface area contributed by atoms with Gasteiger partial charge in [0.2, 0.25) is 0 Å². The first-order chi connectivity index (χ1) is 9.08. The van der Waals surface area contributed by atoms with Gasteiger partial charge in [0.05, 0.1) is 5.69 Å². The minimum Gasteiger partial charge on any atom is -0.482 e. The summed E-state index contributed by atoms with van der Waals surface area (Å²) in [5.74, 6) is -0.169. The number of unbranched alkanes of at least 4 members (excludes halogenated alkanes) is 1. The molecule has 19 heavy (non-hydrogen) atoms. The molecule has 1 aromatic rings. The minimum absolute atomic E-state index is 0.0476. The van der Waals surface area contributed by atoms with E-state index in [0.29, 0.717) is 25.1 Å². The van der Waals surface area contributed by atoms with E-state index in [1.165, 1.54) is 0 Å². The minimum atomic E-state index is -0.803. The lowest BCUT2D eigenvalue weighted by atomic mass is 10.2. The van der Waals surface area contributed by atoms with Crippen LogP contribution < -0.4 is 9.64 Å². The van der Waals surface area contributed by atoms with Gasteiger partial charge in [0.1, 0.15) is 5.75 Å². The van der Waals surface area contributed by atoms with E-state index in [4.69, 9.17) is 9.84 Å². The quantitative estimate of drug-likeness (QED) is 0.634. The maximum absolute atomic E-state index is 11.9. The Morgan fingerprint density at radius 3 is 2.95 bits per heavy atom. The summed E-state index contributed by atoms with van der Waals surface area (Å²) in [4.78, 5) is 24.0. The maximum atomic E-state index is 11.9. The van der Waals surface area contributed by atoms with Gasteiger partial charge < -0.3 is 14.7 Å². The van der Waals surface area contributed by atoms with Crippen molar-refractivity contribution in [1.29, 1.82) is 0 Å². The number of amides is 1. The van der Waals surface area contributed by atoms with Crippen molar-refractivity contribution in [2.45, 2.75) is 19.3 Å². The third kappa shape index (κ3) is 3.59. The number of hydrogen-bond acceptors (Lipinski definition) is 3. The van der Waals surface area contributed by atoms with Crippen molar-refractivity contribution in [1.82, 2.24) is 0 Å². The van der Waals surface area contributed by atoms with Gasteiger partial charge in [0, 0.05) is 16.5 Å². The molecule has 1 heterocycles. The van der Waals surface area contributed by atoms with Crippen molar-refractivity contribution in [2.24, 2.45) is 0 Å². The molecule has 0 unspecified atom stereocenters. The lowest BCUT2D eigenvalue weighted by molar-refractivity contribution is -0.137. The highest BCUT2D eigenvalue weighted by Gasteiger charge is 2.25. The topological polar surface area (TPSA) is 66.8 Å². The predicted octanol–water partition coefficient (Wildman–Crippen LogP) is 2.27. The van der Waals surface area contributed by atoms with Crippen LogP contribution in [0, 0.1) is 3.57 Å². The summed E-state index contributed by atoms with van der Waals surface area (Å²) in [6, 6.07) is 5.68. The van der Waals surface area contributed by atoms with Gasteiger partial charge in [0.15, 0.2) is 6.61 Å². The van der Waals surface area contributed by atoms with Crippen molar-refractivity contribution < 1.29 is 19.4 Å². The molecule has 0 saturated heterocycles. The Hall–Kier alpha value is -1.31. The van der Waals surface area contributed by atoms with E-state index < -0.39 is 5.97 Å². The highest BCUT2D eigenvalue weighted by atomic mass is 127. The van der Waals surface area contributed by atoms with Gasteiger partial charge in [-0.05, 0) is 53.6 Å². The molecule has 0 atom stereocenters. The molecule has 0 spiro atoms. The Morgan fingerprint density at radius 2 is 2.21 bits per heavy atom. The summed E-state index contributed by atoms with van der Waals surface area (Å²) in [6.45, 7) is 0.578. The van der Waals surface area contributed by atoms with Crippen molar-refractivity contribution in [2.75, 3.05) is 18.1 Å². The Balaban J connectivity index is 2.04. The number of hydrogen-bond donors (Lipinski definition) is 1. The molecule has 0 aromatic heterocycles. The van der Waals surface area contributed by atoms with Crippen LogP contribution in [0.5, 0.6) is 5.75 Å². The predicted molar refractivity (Wildman–Crippen MR) is 78.5 cm³/mol. The van der Waals surface area contributed by atoms with Crippen LogP contribution in [-0.2, 0) is 9.59 Å². The number of anilines is 1. The molecule has 0 aliphatic carbocycles. The number of carboxylic acid groups (broad SMARTS) is 1. The van der Waals surface area contributed by atoms with Gasteiger partial charge in [0.25, 0.3) is 5.91 Å². The smallest absolute Gasteiger partial charge is 0.303 e. The van der Waals surface area contributed by atoms with Crippen LogP contribution in [0.4, 0.5) is 5.69 Å². The molecule has 0 radical (unpaired) electrons. The fraction of sp³-hybridized carbons (Fsp3) is 0.385. The first kappa shape index (κ1) is 14.1. The maximum Gasteiger partial charge on any atom is 0.303 e. The summed E-state index contributed by atoms with van der Waals surface area (Å²) in [7, 11) is 0. The Morgan fingerprint density at radius 1 is 1.42 bits per heavy atom. The van der Waals surface area contributed by atoms with Crippen LogP contribution in [0.15, 0.2) is 18.2 Å². The summed E-state index contributed by atoms with van der Waals surface area (Å²) in [6.07, 6.45) is 1.38. The van der Waals surface area contributed by atoms with Gasteiger partial charge in [-0.1, -0.05) is 0 Å². The normalized spacial score (nSPS) is 13.9. The average molecular weight is 375 g/mol. The third-order valence-electron chi connectivity index (χ3n) is 2.89. The highest BCUT2D eigenvalue weighted by Crippen LogP contribution is 2.33. The van der Waals surface area contributed by atoms with E-state index in [2.05, 4.69) is 22.6 Å². The second kappa shape index (κ2) is 6.23. The Kier molecular flexibility index (Phi) is 4.62.